The number of nitrogens with zero attached hydrogens (tertiary/aromatic N) is 4. The zero-order valence-electron chi connectivity index (χ0n) is 12.0. The van der Waals surface area contributed by atoms with Gasteiger partial charge in [0.1, 0.15) is 11.5 Å². The zero-order valence-corrected chi connectivity index (χ0v) is 12.0. The maximum atomic E-state index is 13.2. The fourth-order valence-corrected chi connectivity index (χ4v) is 2.52. The Morgan fingerprint density at radius 2 is 1.96 bits per heavy atom. The highest BCUT2D eigenvalue weighted by Crippen LogP contribution is 2.34. The molecule has 0 spiro atoms. The van der Waals surface area contributed by atoms with Crippen LogP contribution in [0.15, 0.2) is 53.4 Å². The minimum Gasteiger partial charge on any atom is -0.423 e. The monoisotopic (exact) mass is 309 g/mol. The van der Waals surface area contributed by atoms with Crippen molar-refractivity contribution in [1.29, 1.82) is 0 Å². The second-order valence-electron chi connectivity index (χ2n) is 5.05. The van der Waals surface area contributed by atoms with E-state index in [1.807, 2.05) is 18.3 Å². The molecule has 0 atom stereocenters. The Kier molecular flexibility index (Phi) is 3.13. The van der Waals surface area contributed by atoms with E-state index in [2.05, 4.69) is 15.3 Å². The molecule has 0 fully saturated rings. The highest BCUT2D eigenvalue weighted by molar-refractivity contribution is 5.88. The van der Waals surface area contributed by atoms with Crippen molar-refractivity contribution in [2.75, 3.05) is 0 Å². The highest BCUT2D eigenvalue weighted by Gasteiger charge is 2.20. The van der Waals surface area contributed by atoms with E-state index in [1.165, 1.54) is 18.5 Å². The molecule has 4 rings (SSSR count). The fraction of sp³-hybridized carbons (Fsp3) is 0.0625. The third-order valence-electron chi connectivity index (χ3n) is 3.62. The van der Waals surface area contributed by atoms with Gasteiger partial charge in [-0.15, -0.1) is 10.2 Å². The first kappa shape index (κ1) is 13.6. The molecule has 2 N–H and O–H groups in total. The molecule has 0 saturated heterocycles. The zero-order chi connectivity index (χ0) is 15.8. The molecular formula is C16H12FN5O. The summed E-state index contributed by atoms with van der Waals surface area (Å²) >= 11 is 0. The second-order valence-corrected chi connectivity index (χ2v) is 5.05. The Morgan fingerprint density at radius 3 is 2.65 bits per heavy atom. The number of benzene rings is 1. The van der Waals surface area contributed by atoms with Crippen LogP contribution in [0.3, 0.4) is 0 Å². The van der Waals surface area contributed by atoms with Crippen LogP contribution in [0.1, 0.15) is 5.56 Å². The molecule has 6 nitrogen and oxygen atoms in total. The SMILES string of the molecule is NCc1ccc2c(-c3nnco3)c(-c3ccc(F)cc3)nn2c1. The van der Waals surface area contributed by atoms with Crippen molar-refractivity contribution in [2.45, 2.75) is 6.54 Å². The number of hydrogen-bond donors (Lipinski definition) is 1. The summed E-state index contributed by atoms with van der Waals surface area (Å²) in [4.78, 5) is 0. The van der Waals surface area contributed by atoms with E-state index < -0.39 is 0 Å². The summed E-state index contributed by atoms with van der Waals surface area (Å²) in [5.74, 6) is 0.0575. The minimum atomic E-state index is -0.303. The van der Waals surface area contributed by atoms with Gasteiger partial charge in [0, 0.05) is 18.3 Å². The van der Waals surface area contributed by atoms with Gasteiger partial charge in [0.15, 0.2) is 0 Å². The number of pyridine rings is 1. The van der Waals surface area contributed by atoms with Crippen molar-refractivity contribution in [2.24, 2.45) is 5.73 Å². The Morgan fingerprint density at radius 1 is 1.13 bits per heavy atom. The normalized spacial score (nSPS) is 11.2. The van der Waals surface area contributed by atoms with E-state index in [4.69, 9.17) is 10.2 Å². The molecule has 3 aromatic heterocycles. The van der Waals surface area contributed by atoms with Crippen LogP contribution < -0.4 is 5.73 Å². The van der Waals surface area contributed by atoms with Crippen molar-refractivity contribution in [3.8, 4) is 22.7 Å². The van der Waals surface area contributed by atoms with Crippen LogP contribution in [-0.4, -0.2) is 19.8 Å². The molecule has 114 valence electrons. The van der Waals surface area contributed by atoms with E-state index >= 15 is 0 Å². The lowest BCUT2D eigenvalue weighted by molar-refractivity contribution is 0.569. The molecule has 0 radical (unpaired) electrons. The summed E-state index contributed by atoms with van der Waals surface area (Å²) in [6, 6.07) is 9.94. The number of fused-ring (bicyclic) bond motifs is 1. The molecule has 0 aliphatic heterocycles. The first-order valence-electron chi connectivity index (χ1n) is 7.00. The molecule has 0 aliphatic carbocycles. The Balaban J connectivity index is 2.01. The lowest BCUT2D eigenvalue weighted by Crippen LogP contribution is -1.98. The summed E-state index contributed by atoms with van der Waals surface area (Å²) < 4.78 is 20.3. The molecule has 0 aliphatic rings. The molecule has 0 unspecified atom stereocenters. The Hall–Kier alpha value is -3.06. The van der Waals surface area contributed by atoms with E-state index in [0.29, 0.717) is 23.7 Å². The molecular weight excluding hydrogens is 297 g/mol. The average molecular weight is 309 g/mol. The predicted molar refractivity (Wildman–Crippen MR) is 81.8 cm³/mol. The highest BCUT2D eigenvalue weighted by atomic mass is 19.1. The van der Waals surface area contributed by atoms with Crippen molar-refractivity contribution in [1.82, 2.24) is 19.8 Å². The van der Waals surface area contributed by atoms with E-state index in [9.17, 15) is 4.39 Å². The van der Waals surface area contributed by atoms with Gasteiger partial charge in [-0.25, -0.2) is 8.91 Å². The van der Waals surface area contributed by atoms with Gasteiger partial charge in [-0.2, -0.15) is 5.10 Å². The van der Waals surface area contributed by atoms with Crippen molar-refractivity contribution in [3.05, 3.63) is 60.4 Å². The van der Waals surface area contributed by atoms with Gasteiger partial charge in [0.25, 0.3) is 5.89 Å². The Bertz CT molecular complexity index is 960. The van der Waals surface area contributed by atoms with Crippen LogP contribution in [-0.2, 0) is 6.54 Å². The third-order valence-corrected chi connectivity index (χ3v) is 3.62. The quantitative estimate of drug-likeness (QED) is 0.629. The largest absolute Gasteiger partial charge is 0.423 e. The van der Waals surface area contributed by atoms with E-state index in [1.54, 1.807) is 16.6 Å². The van der Waals surface area contributed by atoms with Crippen LogP contribution >= 0.6 is 0 Å². The van der Waals surface area contributed by atoms with Crippen molar-refractivity contribution >= 4 is 5.52 Å². The number of nitrogens with two attached hydrogens (primary N) is 1. The van der Waals surface area contributed by atoms with Gasteiger partial charge in [-0.3, -0.25) is 0 Å². The van der Waals surface area contributed by atoms with Gasteiger partial charge in [-0.05, 0) is 35.9 Å². The maximum absolute atomic E-state index is 13.2. The molecule has 0 bridgehead atoms. The van der Waals surface area contributed by atoms with Crippen molar-refractivity contribution in [3.63, 3.8) is 0 Å². The van der Waals surface area contributed by atoms with Crippen LogP contribution in [0.2, 0.25) is 0 Å². The molecule has 7 heteroatoms. The first-order chi connectivity index (χ1) is 11.3. The van der Waals surface area contributed by atoms with Gasteiger partial charge in [0.2, 0.25) is 6.39 Å². The number of aromatic nitrogens is 4. The first-order valence-corrected chi connectivity index (χ1v) is 7.00. The van der Waals surface area contributed by atoms with Gasteiger partial charge < -0.3 is 10.2 Å². The minimum absolute atomic E-state index is 0.303. The summed E-state index contributed by atoms with van der Waals surface area (Å²) in [7, 11) is 0. The second kappa shape index (κ2) is 5.29. The number of halogens is 1. The molecule has 0 saturated carbocycles. The Labute approximate surface area is 130 Å². The molecule has 1 aromatic carbocycles. The third kappa shape index (κ3) is 2.27. The van der Waals surface area contributed by atoms with Gasteiger partial charge in [0.05, 0.1) is 11.1 Å². The van der Waals surface area contributed by atoms with Crippen LogP contribution in [0.4, 0.5) is 4.39 Å². The molecule has 0 amide bonds. The van der Waals surface area contributed by atoms with E-state index in [-0.39, 0.29) is 5.82 Å². The summed E-state index contributed by atoms with van der Waals surface area (Å²) in [6.07, 6.45) is 3.11. The molecule has 3 heterocycles. The van der Waals surface area contributed by atoms with Crippen molar-refractivity contribution < 1.29 is 8.81 Å². The summed E-state index contributed by atoms with van der Waals surface area (Å²) in [5.41, 5.74) is 9.55. The average Bonchev–Trinajstić information content (AvgIpc) is 3.21. The fourth-order valence-electron chi connectivity index (χ4n) is 2.52. The lowest BCUT2D eigenvalue weighted by Gasteiger charge is -1.99. The van der Waals surface area contributed by atoms with Gasteiger partial charge >= 0.3 is 0 Å². The summed E-state index contributed by atoms with van der Waals surface area (Å²) in [6.45, 7) is 0.414. The van der Waals surface area contributed by atoms with E-state index in [0.717, 1.165) is 16.6 Å². The van der Waals surface area contributed by atoms with Gasteiger partial charge in [-0.1, -0.05) is 6.07 Å². The molecule has 23 heavy (non-hydrogen) atoms. The number of hydrogen-bond acceptors (Lipinski definition) is 5. The summed E-state index contributed by atoms with van der Waals surface area (Å²) in [5, 5.41) is 12.3. The van der Waals surface area contributed by atoms with Crippen LogP contribution in [0.5, 0.6) is 0 Å². The lowest BCUT2D eigenvalue weighted by atomic mass is 10.1. The predicted octanol–water partition coefficient (Wildman–Crippen LogP) is 2.65. The maximum Gasteiger partial charge on any atom is 0.251 e. The van der Waals surface area contributed by atoms with Crippen LogP contribution in [0, 0.1) is 5.82 Å². The standard InChI is InChI=1S/C16H12FN5O/c17-12-4-2-11(3-5-12)15-14(16-20-19-9-23-16)13-6-1-10(7-18)8-22(13)21-15/h1-6,8-9H,7,18H2. The number of rotatable bonds is 3. The molecule has 4 aromatic rings. The smallest absolute Gasteiger partial charge is 0.251 e. The topological polar surface area (TPSA) is 82.2 Å². The van der Waals surface area contributed by atoms with Crippen LogP contribution in [0.25, 0.3) is 28.2 Å².